The molecule has 0 saturated heterocycles. The van der Waals surface area contributed by atoms with Crippen molar-refractivity contribution in [3.8, 4) is 0 Å². The van der Waals surface area contributed by atoms with Crippen molar-refractivity contribution < 1.29 is 4.74 Å². The number of hydrogen-bond donors (Lipinski definition) is 1. The zero-order chi connectivity index (χ0) is 8.69. The van der Waals surface area contributed by atoms with E-state index in [4.69, 9.17) is 4.74 Å². The Morgan fingerprint density at radius 3 is 2.36 bits per heavy atom. The van der Waals surface area contributed by atoms with Crippen LogP contribution >= 0.6 is 0 Å². The summed E-state index contributed by atoms with van der Waals surface area (Å²) in [5, 5.41) is 3.40. The van der Waals surface area contributed by atoms with Crippen LogP contribution in [0.5, 0.6) is 0 Å². The minimum Gasteiger partial charge on any atom is -0.385 e. The minimum absolute atomic E-state index is 0.597. The average molecular weight is 159 g/mol. The molecular formula is C9H21NO. The van der Waals surface area contributed by atoms with Crippen LogP contribution in [0.4, 0.5) is 0 Å². The topological polar surface area (TPSA) is 21.3 Å². The van der Waals surface area contributed by atoms with Crippen LogP contribution in [0.2, 0.25) is 0 Å². The Morgan fingerprint density at radius 2 is 1.91 bits per heavy atom. The number of hydrogen-bond acceptors (Lipinski definition) is 2. The maximum Gasteiger partial charge on any atom is 0.0465 e. The maximum absolute atomic E-state index is 4.99. The van der Waals surface area contributed by atoms with Gasteiger partial charge in [-0.15, -0.1) is 0 Å². The van der Waals surface area contributed by atoms with Crippen LogP contribution < -0.4 is 5.32 Å². The molecule has 1 unspecified atom stereocenters. The summed E-state index contributed by atoms with van der Waals surface area (Å²) in [6.45, 7) is 8.56. The Labute approximate surface area is 70.3 Å². The van der Waals surface area contributed by atoms with E-state index in [2.05, 4.69) is 26.1 Å². The van der Waals surface area contributed by atoms with Crippen LogP contribution in [0.25, 0.3) is 0 Å². The van der Waals surface area contributed by atoms with Crippen LogP contribution in [0, 0.1) is 5.92 Å². The number of nitrogens with one attached hydrogen (secondary N) is 1. The van der Waals surface area contributed by atoms with Crippen molar-refractivity contribution in [3.05, 3.63) is 0 Å². The van der Waals surface area contributed by atoms with Crippen LogP contribution in [-0.4, -0.2) is 26.3 Å². The molecule has 0 aromatic heterocycles. The van der Waals surface area contributed by atoms with E-state index in [1.54, 1.807) is 7.11 Å². The summed E-state index contributed by atoms with van der Waals surface area (Å²) in [7, 11) is 1.75. The lowest BCUT2D eigenvalue weighted by molar-refractivity contribution is 0.179. The molecule has 0 radical (unpaired) electrons. The Morgan fingerprint density at radius 1 is 1.27 bits per heavy atom. The molecule has 0 fully saturated rings. The second kappa shape index (κ2) is 6.62. The molecule has 2 nitrogen and oxygen atoms in total. The molecule has 11 heavy (non-hydrogen) atoms. The SMILES string of the molecule is COCCC(C)CNC(C)C. The van der Waals surface area contributed by atoms with E-state index in [-0.39, 0.29) is 0 Å². The van der Waals surface area contributed by atoms with Crippen molar-refractivity contribution in [3.63, 3.8) is 0 Å². The smallest absolute Gasteiger partial charge is 0.0465 e. The quantitative estimate of drug-likeness (QED) is 0.636. The molecule has 0 aromatic carbocycles. The van der Waals surface area contributed by atoms with Crippen molar-refractivity contribution in [1.82, 2.24) is 5.32 Å². The fourth-order valence-corrected chi connectivity index (χ4v) is 0.858. The lowest BCUT2D eigenvalue weighted by Gasteiger charge is -2.13. The largest absolute Gasteiger partial charge is 0.385 e. The van der Waals surface area contributed by atoms with Gasteiger partial charge in [-0.3, -0.25) is 0 Å². The minimum atomic E-state index is 0.597. The van der Waals surface area contributed by atoms with Gasteiger partial charge in [0.2, 0.25) is 0 Å². The van der Waals surface area contributed by atoms with Crippen LogP contribution in [0.15, 0.2) is 0 Å². The molecule has 2 heteroatoms. The fourth-order valence-electron chi connectivity index (χ4n) is 0.858. The molecule has 1 N–H and O–H groups in total. The maximum atomic E-state index is 4.99. The standard InChI is InChI=1S/C9H21NO/c1-8(2)10-7-9(3)5-6-11-4/h8-10H,5-7H2,1-4H3. The van der Waals surface area contributed by atoms with E-state index >= 15 is 0 Å². The highest BCUT2D eigenvalue weighted by Crippen LogP contribution is 1.99. The zero-order valence-corrected chi connectivity index (χ0v) is 8.18. The summed E-state index contributed by atoms with van der Waals surface area (Å²) in [5.41, 5.74) is 0. The number of rotatable bonds is 6. The van der Waals surface area contributed by atoms with E-state index in [0.717, 1.165) is 25.5 Å². The second-order valence-electron chi connectivity index (χ2n) is 3.45. The Balaban J connectivity index is 3.15. The first-order chi connectivity index (χ1) is 5.16. The van der Waals surface area contributed by atoms with Crippen molar-refractivity contribution in [1.29, 1.82) is 0 Å². The Hall–Kier alpha value is -0.0800. The molecular weight excluding hydrogens is 138 g/mol. The van der Waals surface area contributed by atoms with E-state index in [0.29, 0.717) is 6.04 Å². The lowest BCUT2D eigenvalue weighted by atomic mass is 10.1. The summed E-state index contributed by atoms with van der Waals surface area (Å²) < 4.78 is 4.99. The van der Waals surface area contributed by atoms with E-state index in [9.17, 15) is 0 Å². The third-order valence-corrected chi connectivity index (χ3v) is 1.69. The van der Waals surface area contributed by atoms with Gasteiger partial charge in [0.1, 0.15) is 0 Å². The first-order valence-corrected chi connectivity index (χ1v) is 4.39. The third-order valence-electron chi connectivity index (χ3n) is 1.69. The molecule has 0 spiro atoms. The lowest BCUT2D eigenvalue weighted by Crippen LogP contribution is -2.28. The van der Waals surface area contributed by atoms with Crippen molar-refractivity contribution in [2.75, 3.05) is 20.3 Å². The summed E-state index contributed by atoms with van der Waals surface area (Å²) in [4.78, 5) is 0. The first kappa shape index (κ1) is 10.9. The highest BCUT2D eigenvalue weighted by Gasteiger charge is 2.01. The van der Waals surface area contributed by atoms with Gasteiger partial charge in [-0.1, -0.05) is 20.8 Å². The van der Waals surface area contributed by atoms with E-state index in [1.165, 1.54) is 0 Å². The summed E-state index contributed by atoms with van der Waals surface area (Å²) in [6.07, 6.45) is 1.15. The van der Waals surface area contributed by atoms with Crippen LogP contribution in [-0.2, 0) is 4.74 Å². The van der Waals surface area contributed by atoms with Gasteiger partial charge in [0, 0.05) is 19.8 Å². The van der Waals surface area contributed by atoms with Crippen molar-refractivity contribution in [2.24, 2.45) is 5.92 Å². The van der Waals surface area contributed by atoms with Gasteiger partial charge in [-0.25, -0.2) is 0 Å². The first-order valence-electron chi connectivity index (χ1n) is 4.39. The van der Waals surface area contributed by atoms with Gasteiger partial charge in [0.25, 0.3) is 0 Å². The third kappa shape index (κ3) is 7.82. The van der Waals surface area contributed by atoms with Gasteiger partial charge in [0.05, 0.1) is 0 Å². The highest BCUT2D eigenvalue weighted by atomic mass is 16.5. The molecule has 0 aliphatic carbocycles. The summed E-state index contributed by atoms with van der Waals surface area (Å²) in [6, 6.07) is 0.597. The highest BCUT2D eigenvalue weighted by molar-refractivity contribution is 4.59. The second-order valence-corrected chi connectivity index (χ2v) is 3.45. The van der Waals surface area contributed by atoms with Gasteiger partial charge in [-0.2, -0.15) is 0 Å². The molecule has 0 heterocycles. The van der Waals surface area contributed by atoms with Gasteiger partial charge in [0.15, 0.2) is 0 Å². The molecule has 68 valence electrons. The number of ether oxygens (including phenoxy) is 1. The average Bonchev–Trinajstić information content (AvgIpc) is 1.97. The zero-order valence-electron chi connectivity index (χ0n) is 8.18. The predicted octanol–water partition coefficient (Wildman–Crippen LogP) is 1.66. The molecule has 0 saturated carbocycles. The Bertz CT molecular complexity index is 83.6. The van der Waals surface area contributed by atoms with E-state index < -0.39 is 0 Å². The molecule has 0 bridgehead atoms. The number of methoxy groups -OCH3 is 1. The van der Waals surface area contributed by atoms with Gasteiger partial charge in [-0.05, 0) is 18.9 Å². The fraction of sp³-hybridized carbons (Fsp3) is 1.00. The molecule has 0 aliphatic heterocycles. The monoisotopic (exact) mass is 159 g/mol. The van der Waals surface area contributed by atoms with Crippen LogP contribution in [0.3, 0.4) is 0 Å². The van der Waals surface area contributed by atoms with Crippen molar-refractivity contribution >= 4 is 0 Å². The Kier molecular flexibility index (Phi) is 6.57. The van der Waals surface area contributed by atoms with Gasteiger partial charge < -0.3 is 10.1 Å². The normalized spacial score (nSPS) is 13.9. The molecule has 1 atom stereocenters. The molecule has 0 amide bonds. The molecule has 0 aliphatic rings. The molecule has 0 aromatic rings. The van der Waals surface area contributed by atoms with Crippen molar-refractivity contribution in [2.45, 2.75) is 33.2 Å². The van der Waals surface area contributed by atoms with E-state index in [1.807, 2.05) is 0 Å². The van der Waals surface area contributed by atoms with Gasteiger partial charge >= 0.3 is 0 Å². The van der Waals surface area contributed by atoms with Crippen LogP contribution in [0.1, 0.15) is 27.2 Å². The summed E-state index contributed by atoms with van der Waals surface area (Å²) in [5.74, 6) is 0.720. The predicted molar refractivity (Wildman–Crippen MR) is 48.8 cm³/mol. The molecule has 0 rings (SSSR count). The summed E-state index contributed by atoms with van der Waals surface area (Å²) >= 11 is 0.